The first-order valence-corrected chi connectivity index (χ1v) is 9.38. The summed E-state index contributed by atoms with van der Waals surface area (Å²) in [5.41, 5.74) is 0.654. The molecule has 142 valence electrons. The van der Waals surface area contributed by atoms with Crippen LogP contribution in [0, 0.1) is 10.1 Å². The van der Waals surface area contributed by atoms with Crippen molar-refractivity contribution < 1.29 is 14.5 Å². The van der Waals surface area contributed by atoms with E-state index in [1.165, 1.54) is 18.9 Å². The molecule has 26 heavy (non-hydrogen) atoms. The third-order valence-electron chi connectivity index (χ3n) is 5.24. The summed E-state index contributed by atoms with van der Waals surface area (Å²) in [7, 11) is 0. The van der Waals surface area contributed by atoms with E-state index in [1.807, 2.05) is 13.8 Å². The van der Waals surface area contributed by atoms with Gasteiger partial charge in [-0.1, -0.05) is 12.8 Å². The molecule has 2 aliphatic rings. The summed E-state index contributed by atoms with van der Waals surface area (Å²) < 4.78 is 6.03. The highest BCUT2D eigenvalue weighted by atomic mass is 16.6. The Hall–Kier alpha value is -2.15. The van der Waals surface area contributed by atoms with Crippen molar-refractivity contribution >= 4 is 17.3 Å². The number of nitrogens with zero attached hydrogens (tertiary/aromatic N) is 1. The van der Waals surface area contributed by atoms with E-state index in [1.54, 1.807) is 12.1 Å². The SMILES string of the molecule is CC(C)NC(=O)c1ccc(NC2CCOC3(CCCC3)C2)c([N+](=O)[O-])c1. The summed E-state index contributed by atoms with van der Waals surface area (Å²) in [6.45, 7) is 4.39. The van der Waals surface area contributed by atoms with Gasteiger partial charge in [0.2, 0.25) is 0 Å². The van der Waals surface area contributed by atoms with Crippen LogP contribution in [0.25, 0.3) is 0 Å². The molecule has 1 heterocycles. The molecular formula is C19H27N3O4. The number of carbonyl (C=O) groups excluding carboxylic acids is 1. The molecule has 1 aromatic rings. The fourth-order valence-electron chi connectivity index (χ4n) is 4.03. The van der Waals surface area contributed by atoms with Crippen molar-refractivity contribution in [3.8, 4) is 0 Å². The van der Waals surface area contributed by atoms with Crippen molar-refractivity contribution in [3.05, 3.63) is 33.9 Å². The lowest BCUT2D eigenvalue weighted by atomic mass is 9.88. The summed E-state index contributed by atoms with van der Waals surface area (Å²) >= 11 is 0. The second-order valence-electron chi connectivity index (χ2n) is 7.69. The van der Waals surface area contributed by atoms with Gasteiger partial charge in [0.25, 0.3) is 11.6 Å². The van der Waals surface area contributed by atoms with Crippen LogP contribution in [0.5, 0.6) is 0 Å². The lowest BCUT2D eigenvalue weighted by Crippen LogP contribution is -2.42. The van der Waals surface area contributed by atoms with Crippen LogP contribution in [0.15, 0.2) is 18.2 Å². The van der Waals surface area contributed by atoms with Crippen LogP contribution in [0.4, 0.5) is 11.4 Å². The Labute approximate surface area is 153 Å². The fraction of sp³-hybridized carbons (Fsp3) is 0.632. The quantitative estimate of drug-likeness (QED) is 0.617. The number of hydrogen-bond acceptors (Lipinski definition) is 5. The van der Waals surface area contributed by atoms with Gasteiger partial charge in [0.05, 0.1) is 10.5 Å². The van der Waals surface area contributed by atoms with Crippen molar-refractivity contribution in [2.24, 2.45) is 0 Å². The molecule has 1 saturated heterocycles. The van der Waals surface area contributed by atoms with E-state index in [9.17, 15) is 14.9 Å². The average Bonchev–Trinajstić information content (AvgIpc) is 3.02. The summed E-state index contributed by atoms with van der Waals surface area (Å²) in [5.74, 6) is -0.300. The minimum Gasteiger partial charge on any atom is -0.377 e. The van der Waals surface area contributed by atoms with Gasteiger partial charge < -0.3 is 15.4 Å². The number of carbonyl (C=O) groups is 1. The molecule has 7 heteroatoms. The number of anilines is 1. The zero-order chi connectivity index (χ0) is 18.7. The van der Waals surface area contributed by atoms with Gasteiger partial charge >= 0.3 is 0 Å². The van der Waals surface area contributed by atoms with Gasteiger partial charge in [-0.3, -0.25) is 14.9 Å². The molecule has 2 fully saturated rings. The molecule has 1 aliphatic carbocycles. The minimum absolute atomic E-state index is 0.0239. The number of benzene rings is 1. The molecule has 0 radical (unpaired) electrons. The maximum Gasteiger partial charge on any atom is 0.293 e. The summed E-state index contributed by atoms with van der Waals surface area (Å²) in [4.78, 5) is 23.2. The Balaban J connectivity index is 1.76. The summed E-state index contributed by atoms with van der Waals surface area (Å²) in [6.07, 6.45) is 6.22. The van der Waals surface area contributed by atoms with Crippen LogP contribution in [-0.4, -0.2) is 35.1 Å². The minimum atomic E-state index is -0.431. The topological polar surface area (TPSA) is 93.5 Å². The maximum atomic E-state index is 12.1. The van der Waals surface area contributed by atoms with E-state index in [-0.39, 0.29) is 29.3 Å². The predicted octanol–water partition coefficient (Wildman–Crippen LogP) is 3.64. The van der Waals surface area contributed by atoms with E-state index in [2.05, 4.69) is 10.6 Å². The van der Waals surface area contributed by atoms with Gasteiger partial charge in [-0.2, -0.15) is 0 Å². The first-order valence-electron chi connectivity index (χ1n) is 9.38. The second-order valence-corrected chi connectivity index (χ2v) is 7.69. The first-order chi connectivity index (χ1) is 12.4. The largest absolute Gasteiger partial charge is 0.377 e. The van der Waals surface area contributed by atoms with Gasteiger partial charge in [0.1, 0.15) is 5.69 Å². The number of ether oxygens (including phenoxy) is 1. The van der Waals surface area contributed by atoms with Gasteiger partial charge in [-0.05, 0) is 51.7 Å². The Morgan fingerprint density at radius 1 is 1.35 bits per heavy atom. The average molecular weight is 361 g/mol. The third-order valence-corrected chi connectivity index (χ3v) is 5.24. The van der Waals surface area contributed by atoms with E-state index in [0.29, 0.717) is 17.9 Å². The lowest BCUT2D eigenvalue weighted by Gasteiger charge is -2.38. The van der Waals surface area contributed by atoms with Crippen LogP contribution in [0.2, 0.25) is 0 Å². The molecule has 1 unspecified atom stereocenters. The highest BCUT2D eigenvalue weighted by Crippen LogP contribution is 2.41. The molecule has 2 N–H and O–H groups in total. The zero-order valence-corrected chi connectivity index (χ0v) is 15.4. The van der Waals surface area contributed by atoms with Crippen molar-refractivity contribution in [1.82, 2.24) is 5.32 Å². The van der Waals surface area contributed by atoms with Crippen molar-refractivity contribution in [3.63, 3.8) is 0 Å². The van der Waals surface area contributed by atoms with Crippen LogP contribution in [0.1, 0.15) is 62.7 Å². The number of nitro groups is 1. The number of amides is 1. The normalized spacial score (nSPS) is 21.7. The summed E-state index contributed by atoms with van der Waals surface area (Å²) in [5, 5.41) is 17.6. The molecule has 1 amide bonds. The molecule has 1 atom stereocenters. The van der Waals surface area contributed by atoms with E-state index >= 15 is 0 Å². The van der Waals surface area contributed by atoms with Crippen LogP contribution < -0.4 is 10.6 Å². The second kappa shape index (κ2) is 7.61. The van der Waals surface area contributed by atoms with Gasteiger partial charge in [0, 0.05) is 30.3 Å². The zero-order valence-electron chi connectivity index (χ0n) is 15.4. The van der Waals surface area contributed by atoms with E-state index in [0.717, 1.165) is 25.7 Å². The molecule has 0 aromatic heterocycles. The Morgan fingerprint density at radius 2 is 2.08 bits per heavy atom. The van der Waals surface area contributed by atoms with E-state index < -0.39 is 4.92 Å². The van der Waals surface area contributed by atoms with E-state index in [4.69, 9.17) is 4.74 Å². The lowest BCUT2D eigenvalue weighted by molar-refractivity contribution is -0.384. The summed E-state index contributed by atoms with van der Waals surface area (Å²) in [6, 6.07) is 4.76. The number of hydrogen-bond donors (Lipinski definition) is 2. The molecular weight excluding hydrogens is 334 g/mol. The fourth-order valence-corrected chi connectivity index (χ4v) is 4.03. The van der Waals surface area contributed by atoms with Crippen LogP contribution in [-0.2, 0) is 4.74 Å². The third kappa shape index (κ3) is 4.15. The van der Waals surface area contributed by atoms with Crippen molar-refractivity contribution in [2.45, 2.75) is 70.1 Å². The predicted molar refractivity (Wildman–Crippen MR) is 99.5 cm³/mol. The van der Waals surface area contributed by atoms with Crippen molar-refractivity contribution in [1.29, 1.82) is 0 Å². The molecule has 1 aromatic carbocycles. The number of nitro benzene ring substituents is 1. The first kappa shape index (κ1) is 18.6. The van der Waals surface area contributed by atoms with Gasteiger partial charge in [-0.25, -0.2) is 0 Å². The smallest absolute Gasteiger partial charge is 0.293 e. The number of nitrogens with one attached hydrogen (secondary N) is 2. The molecule has 1 spiro atoms. The number of rotatable bonds is 5. The van der Waals surface area contributed by atoms with Gasteiger partial charge in [0.15, 0.2) is 0 Å². The van der Waals surface area contributed by atoms with Gasteiger partial charge in [-0.15, -0.1) is 0 Å². The Morgan fingerprint density at radius 3 is 2.73 bits per heavy atom. The van der Waals surface area contributed by atoms with Crippen LogP contribution >= 0.6 is 0 Å². The highest BCUT2D eigenvalue weighted by molar-refractivity contribution is 5.95. The maximum absolute atomic E-state index is 12.1. The Kier molecular flexibility index (Phi) is 5.46. The molecule has 3 rings (SSSR count). The molecule has 1 saturated carbocycles. The highest BCUT2D eigenvalue weighted by Gasteiger charge is 2.40. The van der Waals surface area contributed by atoms with Crippen LogP contribution in [0.3, 0.4) is 0 Å². The molecule has 7 nitrogen and oxygen atoms in total. The standard InChI is InChI=1S/C19H27N3O4/c1-13(2)20-18(23)14-5-6-16(17(11-14)22(24)25)21-15-7-10-26-19(12-15)8-3-4-9-19/h5-6,11,13,15,21H,3-4,7-10,12H2,1-2H3,(H,20,23). The molecule has 1 aliphatic heterocycles. The monoisotopic (exact) mass is 361 g/mol. The molecule has 0 bridgehead atoms. The van der Waals surface area contributed by atoms with Crippen molar-refractivity contribution in [2.75, 3.05) is 11.9 Å². The Bertz CT molecular complexity index is 683.